The summed E-state index contributed by atoms with van der Waals surface area (Å²) in [5.41, 5.74) is 7.29. The van der Waals surface area contributed by atoms with Gasteiger partial charge in [0, 0.05) is 11.9 Å². The summed E-state index contributed by atoms with van der Waals surface area (Å²) in [6.45, 7) is 3.75. The molecule has 2 aromatic rings. The lowest BCUT2D eigenvalue weighted by Crippen LogP contribution is -2.15. The van der Waals surface area contributed by atoms with Crippen LogP contribution in [0.3, 0.4) is 0 Å². The minimum Gasteiger partial charge on any atom is -0.460 e. The van der Waals surface area contributed by atoms with E-state index in [0.717, 1.165) is 10.9 Å². The SMILES string of the molecule is CC(C)S(=O)(=O)Cc1cc2c(CN)cccc2o1. The maximum Gasteiger partial charge on any atom is 0.159 e. The Hall–Kier alpha value is -1.33. The van der Waals surface area contributed by atoms with Gasteiger partial charge in [-0.3, -0.25) is 0 Å². The van der Waals surface area contributed by atoms with Gasteiger partial charge in [-0.05, 0) is 31.5 Å². The Morgan fingerprint density at radius 1 is 1.33 bits per heavy atom. The first kappa shape index (κ1) is 13.1. The second-order valence-electron chi connectivity index (χ2n) is 4.60. The lowest BCUT2D eigenvalue weighted by Gasteiger charge is -2.04. The molecule has 1 aromatic heterocycles. The average molecular weight is 267 g/mol. The minimum absolute atomic E-state index is 0.0661. The molecule has 0 bridgehead atoms. The van der Waals surface area contributed by atoms with Crippen LogP contribution in [0.5, 0.6) is 0 Å². The van der Waals surface area contributed by atoms with Crippen molar-refractivity contribution < 1.29 is 12.8 Å². The summed E-state index contributed by atoms with van der Waals surface area (Å²) in [5.74, 6) is 0.406. The minimum atomic E-state index is -3.14. The molecule has 0 radical (unpaired) electrons. The lowest BCUT2D eigenvalue weighted by atomic mass is 10.1. The van der Waals surface area contributed by atoms with Gasteiger partial charge < -0.3 is 10.2 Å². The van der Waals surface area contributed by atoms with E-state index in [1.54, 1.807) is 19.9 Å². The van der Waals surface area contributed by atoms with Crippen LogP contribution in [-0.4, -0.2) is 13.7 Å². The van der Waals surface area contributed by atoms with E-state index in [-0.39, 0.29) is 5.75 Å². The normalized spacial score (nSPS) is 12.4. The molecule has 0 saturated carbocycles. The Morgan fingerprint density at radius 2 is 2.06 bits per heavy atom. The summed E-state index contributed by atoms with van der Waals surface area (Å²) < 4.78 is 29.3. The molecule has 0 amide bonds. The zero-order chi connectivity index (χ0) is 13.3. The molecule has 0 aliphatic heterocycles. The molecule has 4 nitrogen and oxygen atoms in total. The summed E-state index contributed by atoms with van der Waals surface area (Å²) in [5, 5.41) is 0.494. The smallest absolute Gasteiger partial charge is 0.159 e. The van der Waals surface area contributed by atoms with E-state index in [9.17, 15) is 8.42 Å². The van der Waals surface area contributed by atoms with E-state index in [4.69, 9.17) is 10.2 Å². The number of sulfone groups is 1. The van der Waals surface area contributed by atoms with Crippen LogP contribution >= 0.6 is 0 Å². The molecule has 1 aromatic carbocycles. The Morgan fingerprint density at radius 3 is 2.67 bits per heavy atom. The van der Waals surface area contributed by atoms with Crippen LogP contribution in [-0.2, 0) is 22.1 Å². The van der Waals surface area contributed by atoms with Gasteiger partial charge in [-0.1, -0.05) is 12.1 Å². The van der Waals surface area contributed by atoms with Crippen molar-refractivity contribution >= 4 is 20.8 Å². The number of furan rings is 1. The predicted molar refractivity (Wildman–Crippen MR) is 71.9 cm³/mol. The van der Waals surface area contributed by atoms with Gasteiger partial charge in [0.05, 0.1) is 5.25 Å². The molecular formula is C13H17NO3S. The molecule has 18 heavy (non-hydrogen) atoms. The van der Waals surface area contributed by atoms with Crippen LogP contribution in [0.4, 0.5) is 0 Å². The van der Waals surface area contributed by atoms with E-state index in [1.165, 1.54) is 0 Å². The molecule has 0 aliphatic rings. The highest BCUT2D eigenvalue weighted by molar-refractivity contribution is 7.91. The molecular weight excluding hydrogens is 250 g/mol. The van der Waals surface area contributed by atoms with Crippen molar-refractivity contribution in [3.63, 3.8) is 0 Å². The second-order valence-corrected chi connectivity index (χ2v) is 7.16. The van der Waals surface area contributed by atoms with Crippen molar-refractivity contribution in [1.82, 2.24) is 0 Å². The van der Waals surface area contributed by atoms with Gasteiger partial charge in [-0.25, -0.2) is 8.42 Å². The summed E-state index contributed by atoms with van der Waals surface area (Å²) in [6.07, 6.45) is 0. The summed E-state index contributed by atoms with van der Waals surface area (Å²) in [7, 11) is -3.14. The lowest BCUT2D eigenvalue weighted by molar-refractivity contribution is 0.550. The zero-order valence-electron chi connectivity index (χ0n) is 10.5. The van der Waals surface area contributed by atoms with Gasteiger partial charge >= 0.3 is 0 Å². The summed E-state index contributed by atoms with van der Waals surface area (Å²) in [6, 6.07) is 7.37. The highest BCUT2D eigenvalue weighted by Gasteiger charge is 2.19. The number of nitrogens with two attached hydrogens (primary N) is 1. The average Bonchev–Trinajstić information content (AvgIpc) is 2.69. The first-order valence-electron chi connectivity index (χ1n) is 5.86. The molecule has 98 valence electrons. The van der Waals surface area contributed by atoms with E-state index in [1.807, 2.05) is 18.2 Å². The Kier molecular flexibility index (Phi) is 3.45. The van der Waals surface area contributed by atoms with Crippen LogP contribution in [0.1, 0.15) is 25.2 Å². The third-order valence-corrected chi connectivity index (χ3v) is 5.11. The monoisotopic (exact) mass is 267 g/mol. The molecule has 0 aliphatic carbocycles. The van der Waals surface area contributed by atoms with Gasteiger partial charge in [-0.2, -0.15) is 0 Å². The van der Waals surface area contributed by atoms with Crippen LogP contribution in [0, 0.1) is 0 Å². The molecule has 0 spiro atoms. The standard InChI is InChI=1S/C13H17NO3S/c1-9(2)18(15,16)8-11-6-12-10(7-14)4-3-5-13(12)17-11/h3-6,9H,7-8,14H2,1-2H3. The topological polar surface area (TPSA) is 73.3 Å². The number of rotatable bonds is 4. The first-order chi connectivity index (χ1) is 8.44. The van der Waals surface area contributed by atoms with Crippen molar-refractivity contribution in [2.75, 3.05) is 0 Å². The summed E-state index contributed by atoms with van der Waals surface area (Å²) in [4.78, 5) is 0. The number of hydrogen-bond acceptors (Lipinski definition) is 4. The Bertz CT molecular complexity index is 656. The van der Waals surface area contributed by atoms with Gasteiger partial charge in [0.2, 0.25) is 0 Å². The first-order valence-corrected chi connectivity index (χ1v) is 7.57. The van der Waals surface area contributed by atoms with E-state index in [2.05, 4.69) is 0 Å². The van der Waals surface area contributed by atoms with Crippen molar-refractivity contribution in [3.05, 3.63) is 35.6 Å². The van der Waals surface area contributed by atoms with E-state index < -0.39 is 15.1 Å². The van der Waals surface area contributed by atoms with Crippen LogP contribution in [0.15, 0.2) is 28.7 Å². The molecule has 0 unspecified atom stereocenters. The third kappa shape index (κ3) is 2.42. The highest BCUT2D eigenvalue weighted by Crippen LogP contribution is 2.24. The number of hydrogen-bond donors (Lipinski definition) is 1. The largest absolute Gasteiger partial charge is 0.460 e. The van der Waals surface area contributed by atoms with Crippen LogP contribution in [0.2, 0.25) is 0 Å². The number of fused-ring (bicyclic) bond motifs is 1. The molecule has 1 heterocycles. The molecule has 2 rings (SSSR count). The van der Waals surface area contributed by atoms with Crippen LogP contribution in [0.25, 0.3) is 11.0 Å². The fraction of sp³-hybridized carbons (Fsp3) is 0.385. The number of benzene rings is 1. The Balaban J connectivity index is 2.43. The summed E-state index contributed by atoms with van der Waals surface area (Å²) >= 11 is 0. The van der Waals surface area contributed by atoms with Crippen molar-refractivity contribution in [1.29, 1.82) is 0 Å². The van der Waals surface area contributed by atoms with E-state index in [0.29, 0.717) is 17.9 Å². The maximum atomic E-state index is 11.8. The third-order valence-electron chi connectivity index (χ3n) is 2.98. The van der Waals surface area contributed by atoms with Crippen molar-refractivity contribution in [3.8, 4) is 0 Å². The molecule has 0 saturated heterocycles. The van der Waals surface area contributed by atoms with Gasteiger partial charge in [-0.15, -0.1) is 0 Å². The van der Waals surface area contributed by atoms with Gasteiger partial charge in [0.15, 0.2) is 9.84 Å². The van der Waals surface area contributed by atoms with Crippen molar-refractivity contribution in [2.24, 2.45) is 5.73 Å². The zero-order valence-corrected chi connectivity index (χ0v) is 11.3. The quantitative estimate of drug-likeness (QED) is 0.921. The molecule has 5 heteroatoms. The van der Waals surface area contributed by atoms with Gasteiger partial charge in [0.1, 0.15) is 17.1 Å². The fourth-order valence-electron chi connectivity index (χ4n) is 1.79. The fourth-order valence-corrected chi connectivity index (χ4v) is 2.66. The molecule has 0 fully saturated rings. The second kappa shape index (κ2) is 4.74. The predicted octanol–water partition coefficient (Wildman–Crippen LogP) is 2.21. The molecule has 0 atom stereocenters. The Labute approximate surface area is 107 Å². The van der Waals surface area contributed by atoms with Crippen LogP contribution < -0.4 is 5.73 Å². The highest BCUT2D eigenvalue weighted by atomic mass is 32.2. The maximum absolute atomic E-state index is 11.8. The van der Waals surface area contributed by atoms with E-state index >= 15 is 0 Å². The molecule has 2 N–H and O–H groups in total. The van der Waals surface area contributed by atoms with Crippen molar-refractivity contribution in [2.45, 2.75) is 31.4 Å². The van der Waals surface area contributed by atoms with Gasteiger partial charge in [0.25, 0.3) is 0 Å².